The summed E-state index contributed by atoms with van der Waals surface area (Å²) in [5.74, 6) is 0. The Morgan fingerprint density at radius 1 is 0.933 bits per heavy atom. The molecule has 0 bridgehead atoms. The van der Waals surface area contributed by atoms with Crippen molar-refractivity contribution in [1.82, 2.24) is 4.57 Å². The molecule has 0 aliphatic carbocycles. The molecule has 2 rings (SSSR count). The van der Waals surface area contributed by atoms with Crippen molar-refractivity contribution in [1.29, 1.82) is 0 Å². The minimum atomic E-state index is 0.0668. The fraction of sp³-hybridized carbons (Fsp3) is 0.154. The Bertz CT molecular complexity index is 500. The highest BCUT2D eigenvalue weighted by Gasteiger charge is 2.02. The topological polar surface area (TPSA) is 22.0 Å². The van der Waals surface area contributed by atoms with E-state index in [1.807, 2.05) is 44.2 Å². The summed E-state index contributed by atoms with van der Waals surface area (Å²) in [5, 5.41) is 0. The first-order valence-electron chi connectivity index (χ1n) is 4.94. The number of aromatic nitrogens is 1. The quantitative estimate of drug-likeness (QED) is 0.691. The molecule has 1 aromatic heterocycles. The van der Waals surface area contributed by atoms with Crippen molar-refractivity contribution in [2.24, 2.45) is 0 Å². The molecule has 2 aromatic rings. The van der Waals surface area contributed by atoms with Crippen LogP contribution in [0.2, 0.25) is 0 Å². The molecular weight excluding hydrogens is 186 g/mol. The molecule has 0 N–H and O–H groups in total. The number of para-hydroxylation sites is 1. The maximum atomic E-state index is 11.3. The van der Waals surface area contributed by atoms with Crippen LogP contribution in [-0.4, -0.2) is 4.57 Å². The van der Waals surface area contributed by atoms with Crippen LogP contribution in [0.1, 0.15) is 11.4 Å². The Balaban J connectivity index is 2.69. The molecule has 0 amide bonds. The molecule has 0 aliphatic rings. The smallest absolute Gasteiger partial charge is 0.182 e. The first kappa shape index (κ1) is 9.71. The third kappa shape index (κ3) is 1.84. The van der Waals surface area contributed by atoms with Crippen molar-refractivity contribution in [3.63, 3.8) is 0 Å². The molecule has 0 saturated carbocycles. The second kappa shape index (κ2) is 3.73. The fourth-order valence-corrected chi connectivity index (χ4v) is 1.85. The van der Waals surface area contributed by atoms with E-state index in [2.05, 4.69) is 4.57 Å². The van der Waals surface area contributed by atoms with Gasteiger partial charge in [0.1, 0.15) is 0 Å². The first-order valence-corrected chi connectivity index (χ1v) is 4.94. The minimum Gasteiger partial charge on any atom is -0.318 e. The Labute approximate surface area is 88.8 Å². The van der Waals surface area contributed by atoms with Crippen LogP contribution in [-0.2, 0) is 0 Å². The Morgan fingerprint density at radius 3 is 2.00 bits per heavy atom. The van der Waals surface area contributed by atoms with Crippen LogP contribution >= 0.6 is 0 Å². The third-order valence-electron chi connectivity index (χ3n) is 2.42. The summed E-state index contributed by atoms with van der Waals surface area (Å²) in [5.41, 5.74) is 3.09. The number of hydrogen-bond donors (Lipinski definition) is 0. The van der Waals surface area contributed by atoms with E-state index in [0.717, 1.165) is 17.1 Å². The van der Waals surface area contributed by atoms with Crippen LogP contribution in [0.5, 0.6) is 0 Å². The molecule has 0 fully saturated rings. The molecule has 0 saturated heterocycles. The average molecular weight is 199 g/mol. The van der Waals surface area contributed by atoms with E-state index in [9.17, 15) is 4.79 Å². The molecular formula is C13H13NO. The van der Waals surface area contributed by atoms with Crippen LogP contribution in [0.25, 0.3) is 5.69 Å². The number of pyridine rings is 1. The summed E-state index contributed by atoms with van der Waals surface area (Å²) in [6.07, 6.45) is 0. The summed E-state index contributed by atoms with van der Waals surface area (Å²) >= 11 is 0. The molecule has 0 aliphatic heterocycles. The highest BCUT2D eigenvalue weighted by Crippen LogP contribution is 2.11. The van der Waals surface area contributed by atoms with Crippen molar-refractivity contribution < 1.29 is 0 Å². The van der Waals surface area contributed by atoms with Gasteiger partial charge in [-0.15, -0.1) is 0 Å². The van der Waals surface area contributed by atoms with Gasteiger partial charge in [0.15, 0.2) is 5.43 Å². The lowest BCUT2D eigenvalue weighted by Crippen LogP contribution is -2.10. The zero-order valence-electron chi connectivity index (χ0n) is 8.90. The molecule has 76 valence electrons. The third-order valence-corrected chi connectivity index (χ3v) is 2.42. The highest BCUT2D eigenvalue weighted by molar-refractivity contribution is 5.36. The lowest BCUT2D eigenvalue weighted by Gasteiger charge is -2.13. The van der Waals surface area contributed by atoms with Crippen molar-refractivity contribution >= 4 is 0 Å². The normalized spacial score (nSPS) is 10.3. The van der Waals surface area contributed by atoms with Gasteiger partial charge in [-0.25, -0.2) is 0 Å². The van der Waals surface area contributed by atoms with Crippen molar-refractivity contribution in [2.45, 2.75) is 13.8 Å². The molecule has 1 aromatic carbocycles. The number of rotatable bonds is 1. The van der Waals surface area contributed by atoms with E-state index in [1.54, 1.807) is 12.1 Å². The SMILES string of the molecule is Cc1cc(=O)cc(C)n1-c1ccccc1. The molecule has 2 heteroatoms. The van der Waals surface area contributed by atoms with Gasteiger partial charge in [-0.2, -0.15) is 0 Å². The lowest BCUT2D eigenvalue weighted by molar-refractivity contribution is 0.922. The van der Waals surface area contributed by atoms with Crippen LogP contribution in [0.15, 0.2) is 47.3 Å². The van der Waals surface area contributed by atoms with Gasteiger partial charge >= 0.3 is 0 Å². The van der Waals surface area contributed by atoms with E-state index in [4.69, 9.17) is 0 Å². The van der Waals surface area contributed by atoms with Gasteiger partial charge in [-0.1, -0.05) is 18.2 Å². The summed E-state index contributed by atoms with van der Waals surface area (Å²) in [4.78, 5) is 11.3. The van der Waals surface area contributed by atoms with Crippen molar-refractivity contribution in [2.75, 3.05) is 0 Å². The number of benzene rings is 1. The minimum absolute atomic E-state index is 0.0668. The van der Waals surface area contributed by atoms with Gasteiger partial charge < -0.3 is 4.57 Å². The second-order valence-corrected chi connectivity index (χ2v) is 3.64. The Morgan fingerprint density at radius 2 is 1.47 bits per heavy atom. The molecule has 1 heterocycles. The van der Waals surface area contributed by atoms with Gasteiger partial charge in [-0.05, 0) is 26.0 Å². The predicted octanol–water partition coefficient (Wildman–Crippen LogP) is 2.45. The predicted molar refractivity (Wildman–Crippen MR) is 61.5 cm³/mol. The van der Waals surface area contributed by atoms with E-state index in [1.165, 1.54) is 0 Å². The summed E-state index contributed by atoms with van der Waals surface area (Å²) in [7, 11) is 0. The molecule has 15 heavy (non-hydrogen) atoms. The van der Waals surface area contributed by atoms with E-state index in [0.29, 0.717) is 0 Å². The van der Waals surface area contributed by atoms with E-state index >= 15 is 0 Å². The molecule has 0 spiro atoms. The van der Waals surface area contributed by atoms with Gasteiger partial charge in [-0.3, -0.25) is 4.79 Å². The van der Waals surface area contributed by atoms with Gasteiger partial charge in [0.05, 0.1) is 0 Å². The first-order chi connectivity index (χ1) is 7.18. The second-order valence-electron chi connectivity index (χ2n) is 3.64. The zero-order chi connectivity index (χ0) is 10.8. The number of aryl methyl sites for hydroxylation is 2. The number of nitrogens with zero attached hydrogens (tertiary/aromatic N) is 1. The lowest BCUT2D eigenvalue weighted by atomic mass is 10.2. The van der Waals surface area contributed by atoms with Gasteiger partial charge in [0.25, 0.3) is 0 Å². The van der Waals surface area contributed by atoms with Crippen LogP contribution in [0.3, 0.4) is 0 Å². The standard InChI is InChI=1S/C13H13NO/c1-10-8-13(15)9-11(2)14(10)12-6-4-3-5-7-12/h3-9H,1-2H3. The van der Waals surface area contributed by atoms with Gasteiger partial charge in [0, 0.05) is 29.2 Å². The van der Waals surface area contributed by atoms with Crippen molar-refractivity contribution in [3.05, 3.63) is 64.1 Å². The highest BCUT2D eigenvalue weighted by atomic mass is 16.1. The molecule has 0 atom stereocenters. The summed E-state index contributed by atoms with van der Waals surface area (Å²) in [6.45, 7) is 3.89. The molecule has 0 radical (unpaired) electrons. The zero-order valence-corrected chi connectivity index (χ0v) is 8.90. The molecule has 0 unspecified atom stereocenters. The summed E-state index contributed by atoms with van der Waals surface area (Å²) < 4.78 is 2.07. The Hall–Kier alpha value is -1.83. The van der Waals surface area contributed by atoms with Crippen LogP contribution in [0.4, 0.5) is 0 Å². The molecule has 2 nitrogen and oxygen atoms in total. The van der Waals surface area contributed by atoms with Crippen LogP contribution < -0.4 is 5.43 Å². The fourth-order valence-electron chi connectivity index (χ4n) is 1.85. The largest absolute Gasteiger partial charge is 0.318 e. The Kier molecular flexibility index (Phi) is 2.42. The van der Waals surface area contributed by atoms with E-state index < -0.39 is 0 Å². The van der Waals surface area contributed by atoms with Crippen LogP contribution in [0, 0.1) is 13.8 Å². The number of hydrogen-bond acceptors (Lipinski definition) is 1. The monoisotopic (exact) mass is 199 g/mol. The van der Waals surface area contributed by atoms with Gasteiger partial charge in [0.2, 0.25) is 0 Å². The van der Waals surface area contributed by atoms with Crippen molar-refractivity contribution in [3.8, 4) is 5.69 Å². The summed E-state index contributed by atoms with van der Waals surface area (Å²) in [6, 6.07) is 13.3. The maximum absolute atomic E-state index is 11.3. The average Bonchev–Trinajstić information content (AvgIpc) is 2.17. The van der Waals surface area contributed by atoms with E-state index in [-0.39, 0.29) is 5.43 Å². The maximum Gasteiger partial charge on any atom is 0.182 e.